The van der Waals surface area contributed by atoms with Crippen LogP contribution in [0, 0.1) is 6.92 Å². The Balaban J connectivity index is 2.15. The van der Waals surface area contributed by atoms with Crippen molar-refractivity contribution < 1.29 is 4.74 Å². The lowest BCUT2D eigenvalue weighted by atomic mass is 10.1. The van der Waals surface area contributed by atoms with E-state index in [0.29, 0.717) is 0 Å². The lowest BCUT2D eigenvalue weighted by Crippen LogP contribution is -2.09. The van der Waals surface area contributed by atoms with Crippen LogP contribution in [0.1, 0.15) is 24.1 Å². The van der Waals surface area contributed by atoms with Crippen molar-refractivity contribution >= 4 is 17.4 Å². The Morgan fingerprint density at radius 1 is 1.26 bits per heavy atom. The zero-order valence-corrected chi connectivity index (χ0v) is 11.9. The number of benzene rings is 1. The molecule has 1 aromatic heterocycles. The molecule has 0 saturated heterocycles. The van der Waals surface area contributed by atoms with Crippen LogP contribution in [0.25, 0.3) is 0 Å². The van der Waals surface area contributed by atoms with Crippen molar-refractivity contribution in [2.24, 2.45) is 0 Å². The molecule has 0 radical (unpaired) electrons. The van der Waals surface area contributed by atoms with Crippen molar-refractivity contribution in [3.8, 4) is 5.75 Å². The molecule has 0 aliphatic heterocycles. The smallest absolute Gasteiger partial charge is 0.224 e. The fraction of sp³-hybridized carbons (Fsp3) is 0.286. The van der Waals surface area contributed by atoms with Crippen molar-refractivity contribution in [2.75, 3.05) is 12.4 Å². The fourth-order valence-electron chi connectivity index (χ4n) is 1.75. The minimum absolute atomic E-state index is 0.121. The monoisotopic (exact) mass is 277 g/mol. The van der Waals surface area contributed by atoms with Crippen LogP contribution in [0.2, 0.25) is 5.28 Å². The van der Waals surface area contributed by atoms with E-state index in [2.05, 4.69) is 22.2 Å². The van der Waals surface area contributed by atoms with Crippen molar-refractivity contribution in [1.82, 2.24) is 9.97 Å². The summed E-state index contributed by atoms with van der Waals surface area (Å²) in [6.07, 6.45) is 1.71. The lowest BCUT2D eigenvalue weighted by Gasteiger charge is -2.16. The Hall–Kier alpha value is -1.81. The molecule has 19 heavy (non-hydrogen) atoms. The summed E-state index contributed by atoms with van der Waals surface area (Å²) in [5, 5.41) is 3.57. The van der Waals surface area contributed by atoms with E-state index in [4.69, 9.17) is 16.3 Å². The molecule has 1 aromatic carbocycles. The third kappa shape index (κ3) is 3.35. The molecule has 1 N–H and O–H groups in total. The molecule has 0 aliphatic carbocycles. The van der Waals surface area contributed by atoms with Crippen LogP contribution in [-0.2, 0) is 0 Å². The molecule has 0 saturated carbocycles. The minimum Gasteiger partial charge on any atom is -0.497 e. The van der Waals surface area contributed by atoms with Gasteiger partial charge in [-0.2, -0.15) is 0 Å². The van der Waals surface area contributed by atoms with E-state index < -0.39 is 0 Å². The number of halogens is 1. The van der Waals surface area contributed by atoms with Crippen LogP contribution in [0.15, 0.2) is 30.5 Å². The molecule has 2 aromatic rings. The van der Waals surface area contributed by atoms with Crippen molar-refractivity contribution in [3.63, 3.8) is 0 Å². The van der Waals surface area contributed by atoms with Gasteiger partial charge in [-0.3, -0.25) is 0 Å². The summed E-state index contributed by atoms with van der Waals surface area (Å²) in [6, 6.07) is 8.04. The summed E-state index contributed by atoms with van der Waals surface area (Å²) in [5.74, 6) is 1.60. The van der Waals surface area contributed by atoms with Crippen LogP contribution in [-0.4, -0.2) is 17.1 Å². The van der Waals surface area contributed by atoms with Gasteiger partial charge in [0, 0.05) is 17.8 Å². The molecule has 0 amide bonds. The molecular formula is C14H16ClN3O. The SMILES string of the molecule is COc1ccc(C(C)Nc2nc(Cl)ncc2C)cc1. The number of ether oxygens (including phenoxy) is 1. The van der Waals surface area contributed by atoms with Crippen LogP contribution < -0.4 is 10.1 Å². The highest BCUT2D eigenvalue weighted by molar-refractivity contribution is 6.28. The van der Waals surface area contributed by atoms with Gasteiger partial charge < -0.3 is 10.1 Å². The highest BCUT2D eigenvalue weighted by Gasteiger charge is 2.09. The molecule has 1 heterocycles. The van der Waals surface area contributed by atoms with Crippen molar-refractivity contribution in [3.05, 3.63) is 46.9 Å². The van der Waals surface area contributed by atoms with Gasteiger partial charge in [0.1, 0.15) is 11.6 Å². The molecule has 100 valence electrons. The number of nitrogens with zero attached hydrogens (tertiary/aromatic N) is 2. The van der Waals surface area contributed by atoms with Crippen LogP contribution >= 0.6 is 11.6 Å². The molecule has 0 fully saturated rings. The first kappa shape index (κ1) is 13.6. The summed E-state index contributed by atoms with van der Waals surface area (Å²) >= 11 is 5.81. The summed E-state index contributed by atoms with van der Waals surface area (Å²) in [7, 11) is 1.66. The van der Waals surface area contributed by atoms with Gasteiger partial charge in [0.2, 0.25) is 5.28 Å². The number of hydrogen-bond acceptors (Lipinski definition) is 4. The zero-order valence-electron chi connectivity index (χ0n) is 11.1. The normalized spacial score (nSPS) is 12.0. The Kier molecular flexibility index (Phi) is 4.22. The number of rotatable bonds is 4. The largest absolute Gasteiger partial charge is 0.497 e. The molecule has 4 nitrogen and oxygen atoms in total. The van der Waals surface area contributed by atoms with Gasteiger partial charge in [-0.15, -0.1) is 0 Å². The minimum atomic E-state index is 0.121. The topological polar surface area (TPSA) is 47.0 Å². The van der Waals surface area contributed by atoms with E-state index in [0.717, 1.165) is 22.7 Å². The molecule has 1 atom stereocenters. The molecule has 0 aliphatic rings. The van der Waals surface area contributed by atoms with Gasteiger partial charge in [0.05, 0.1) is 7.11 Å². The molecule has 0 bridgehead atoms. The van der Waals surface area contributed by atoms with Gasteiger partial charge in [-0.25, -0.2) is 9.97 Å². The highest BCUT2D eigenvalue weighted by Crippen LogP contribution is 2.22. The molecule has 0 spiro atoms. The van der Waals surface area contributed by atoms with Crippen molar-refractivity contribution in [1.29, 1.82) is 0 Å². The first-order chi connectivity index (χ1) is 9.10. The number of aromatic nitrogens is 2. The third-order valence-electron chi connectivity index (χ3n) is 2.91. The maximum Gasteiger partial charge on any atom is 0.224 e. The van der Waals surface area contributed by atoms with Gasteiger partial charge in [0.25, 0.3) is 0 Å². The second-order valence-electron chi connectivity index (χ2n) is 4.31. The maximum atomic E-state index is 5.81. The van der Waals surface area contributed by atoms with E-state index in [-0.39, 0.29) is 11.3 Å². The van der Waals surface area contributed by atoms with E-state index in [1.165, 1.54) is 0 Å². The summed E-state index contributed by atoms with van der Waals surface area (Å²) < 4.78 is 5.14. The van der Waals surface area contributed by atoms with Crippen molar-refractivity contribution in [2.45, 2.75) is 19.9 Å². The molecule has 5 heteroatoms. The summed E-state index contributed by atoms with van der Waals surface area (Å²) in [4.78, 5) is 8.13. The Morgan fingerprint density at radius 2 is 1.95 bits per heavy atom. The lowest BCUT2D eigenvalue weighted by molar-refractivity contribution is 0.414. The Bertz CT molecular complexity index is 557. The van der Waals surface area contributed by atoms with Gasteiger partial charge >= 0.3 is 0 Å². The molecule has 1 unspecified atom stereocenters. The predicted octanol–water partition coefficient (Wildman–Crippen LogP) is 3.62. The standard InChI is InChI=1S/C14H16ClN3O/c1-9-8-16-14(15)18-13(9)17-10(2)11-4-6-12(19-3)7-5-11/h4-8,10H,1-3H3,(H,16,17,18). The van der Waals surface area contributed by atoms with E-state index in [1.807, 2.05) is 31.2 Å². The van der Waals surface area contributed by atoms with E-state index in [9.17, 15) is 0 Å². The van der Waals surface area contributed by atoms with Crippen LogP contribution in [0.4, 0.5) is 5.82 Å². The summed E-state index contributed by atoms with van der Waals surface area (Å²) in [6.45, 7) is 4.01. The Labute approximate surface area is 117 Å². The fourth-order valence-corrected chi connectivity index (χ4v) is 1.88. The number of anilines is 1. The van der Waals surface area contributed by atoms with Gasteiger partial charge in [-0.05, 0) is 43.1 Å². The number of aryl methyl sites for hydroxylation is 1. The first-order valence-electron chi connectivity index (χ1n) is 6.00. The predicted molar refractivity (Wildman–Crippen MR) is 76.8 cm³/mol. The van der Waals surface area contributed by atoms with Gasteiger partial charge in [-0.1, -0.05) is 12.1 Å². The van der Waals surface area contributed by atoms with E-state index >= 15 is 0 Å². The average molecular weight is 278 g/mol. The average Bonchev–Trinajstić information content (AvgIpc) is 2.43. The maximum absolute atomic E-state index is 5.81. The highest BCUT2D eigenvalue weighted by atomic mass is 35.5. The Morgan fingerprint density at radius 3 is 2.58 bits per heavy atom. The number of hydrogen-bond donors (Lipinski definition) is 1. The second-order valence-corrected chi connectivity index (χ2v) is 4.65. The van der Waals surface area contributed by atoms with Crippen LogP contribution in [0.3, 0.4) is 0 Å². The second kappa shape index (κ2) is 5.89. The zero-order chi connectivity index (χ0) is 13.8. The first-order valence-corrected chi connectivity index (χ1v) is 6.37. The van der Waals surface area contributed by atoms with Gasteiger partial charge in [0.15, 0.2) is 0 Å². The molecular weight excluding hydrogens is 262 g/mol. The van der Waals surface area contributed by atoms with Crippen LogP contribution in [0.5, 0.6) is 5.75 Å². The third-order valence-corrected chi connectivity index (χ3v) is 3.09. The quantitative estimate of drug-likeness (QED) is 0.867. The number of nitrogens with one attached hydrogen (secondary N) is 1. The number of methoxy groups -OCH3 is 1. The summed E-state index contributed by atoms with van der Waals surface area (Å²) in [5.41, 5.74) is 2.11. The molecule has 2 rings (SSSR count). The van der Waals surface area contributed by atoms with E-state index in [1.54, 1.807) is 13.3 Å².